The van der Waals surface area contributed by atoms with Gasteiger partial charge < -0.3 is 14.8 Å². The number of rotatable bonds is 7. The van der Waals surface area contributed by atoms with E-state index in [1.807, 2.05) is 42.5 Å². The Kier molecular flexibility index (Phi) is 6.84. The van der Waals surface area contributed by atoms with Gasteiger partial charge in [-0.15, -0.1) is 0 Å². The smallest absolute Gasteiger partial charge is 0.244 e. The van der Waals surface area contributed by atoms with Crippen LogP contribution < -0.4 is 14.8 Å². The van der Waals surface area contributed by atoms with Gasteiger partial charge in [-0.25, -0.2) is 0 Å². The minimum atomic E-state index is -0.140. The molecule has 0 spiro atoms. The van der Waals surface area contributed by atoms with Crippen LogP contribution in [0.4, 0.5) is 0 Å². The Bertz CT molecular complexity index is 743. The van der Waals surface area contributed by atoms with Crippen LogP contribution in [0.5, 0.6) is 11.5 Å². The van der Waals surface area contributed by atoms with E-state index in [4.69, 9.17) is 9.47 Å². The molecule has 0 aliphatic rings. The van der Waals surface area contributed by atoms with Gasteiger partial charge in [0.2, 0.25) is 5.91 Å². The Morgan fingerprint density at radius 3 is 2.42 bits per heavy atom. The number of hydrogen-bond donors (Lipinski definition) is 1. The van der Waals surface area contributed by atoms with Crippen LogP contribution in [0, 0.1) is 0 Å². The fraction of sp³-hybridized carbons (Fsp3) is 0.318. The van der Waals surface area contributed by atoms with Crippen molar-refractivity contribution < 1.29 is 14.3 Å². The molecule has 0 bridgehead atoms. The molecule has 0 aliphatic heterocycles. The molecule has 0 fully saturated rings. The van der Waals surface area contributed by atoms with Crippen molar-refractivity contribution in [1.29, 1.82) is 0 Å². The summed E-state index contributed by atoms with van der Waals surface area (Å²) in [4.78, 5) is 11.9. The molecule has 26 heavy (non-hydrogen) atoms. The molecule has 1 amide bonds. The highest BCUT2D eigenvalue weighted by Gasteiger charge is 2.12. The first-order valence-electron chi connectivity index (χ1n) is 8.72. The van der Waals surface area contributed by atoms with Crippen molar-refractivity contribution in [3.05, 3.63) is 65.7 Å². The molecular formula is C22H27NO3. The van der Waals surface area contributed by atoms with E-state index < -0.39 is 0 Å². The zero-order valence-corrected chi connectivity index (χ0v) is 15.9. The fourth-order valence-electron chi connectivity index (χ4n) is 2.36. The summed E-state index contributed by atoms with van der Waals surface area (Å²) in [5.41, 5.74) is 2.40. The second kappa shape index (κ2) is 9.09. The van der Waals surface area contributed by atoms with Gasteiger partial charge in [0, 0.05) is 12.1 Å². The minimum absolute atomic E-state index is 0.127. The van der Waals surface area contributed by atoms with E-state index in [2.05, 4.69) is 38.2 Å². The lowest BCUT2D eigenvalue weighted by Crippen LogP contribution is -2.26. The maximum Gasteiger partial charge on any atom is 0.244 e. The van der Waals surface area contributed by atoms with E-state index in [9.17, 15) is 4.79 Å². The fourth-order valence-corrected chi connectivity index (χ4v) is 2.36. The largest absolute Gasteiger partial charge is 0.497 e. The highest BCUT2D eigenvalue weighted by Crippen LogP contribution is 2.22. The molecule has 4 heteroatoms. The number of carbonyl (C=O) groups excluding carboxylic acids is 1. The Hall–Kier alpha value is -2.75. The molecule has 0 aliphatic carbocycles. The minimum Gasteiger partial charge on any atom is -0.497 e. The van der Waals surface area contributed by atoms with Crippen LogP contribution in [0.25, 0.3) is 6.08 Å². The Labute approximate surface area is 155 Å². The monoisotopic (exact) mass is 353 g/mol. The molecule has 0 saturated carbocycles. The van der Waals surface area contributed by atoms with Gasteiger partial charge in [0.25, 0.3) is 0 Å². The maximum absolute atomic E-state index is 11.9. The van der Waals surface area contributed by atoms with Gasteiger partial charge in [-0.3, -0.25) is 4.79 Å². The Balaban J connectivity index is 1.75. The van der Waals surface area contributed by atoms with E-state index in [1.54, 1.807) is 7.11 Å². The summed E-state index contributed by atoms with van der Waals surface area (Å²) in [6.07, 6.45) is 3.35. The number of carbonyl (C=O) groups is 1. The lowest BCUT2D eigenvalue weighted by atomic mass is 9.87. The molecule has 138 valence electrons. The number of benzene rings is 2. The number of nitrogens with one attached hydrogen (secondary N) is 1. The van der Waals surface area contributed by atoms with Crippen LogP contribution in [-0.2, 0) is 10.2 Å². The van der Waals surface area contributed by atoms with Gasteiger partial charge in [0.05, 0.1) is 13.7 Å². The Morgan fingerprint density at radius 1 is 1.08 bits per heavy atom. The summed E-state index contributed by atoms with van der Waals surface area (Å²) in [6, 6.07) is 15.6. The third kappa shape index (κ3) is 6.28. The van der Waals surface area contributed by atoms with Gasteiger partial charge >= 0.3 is 0 Å². The number of amides is 1. The van der Waals surface area contributed by atoms with Crippen molar-refractivity contribution in [2.45, 2.75) is 26.2 Å². The molecule has 0 saturated heterocycles. The predicted molar refractivity (Wildman–Crippen MR) is 106 cm³/mol. The number of hydrogen-bond acceptors (Lipinski definition) is 3. The first-order chi connectivity index (χ1) is 12.4. The van der Waals surface area contributed by atoms with E-state index in [0.29, 0.717) is 18.9 Å². The number of ether oxygens (including phenoxy) is 2. The summed E-state index contributed by atoms with van der Waals surface area (Å²) in [6.45, 7) is 7.37. The van der Waals surface area contributed by atoms with Crippen LogP contribution in [0.3, 0.4) is 0 Å². The van der Waals surface area contributed by atoms with Crippen LogP contribution in [-0.4, -0.2) is 26.2 Å². The first-order valence-corrected chi connectivity index (χ1v) is 8.72. The van der Waals surface area contributed by atoms with E-state index >= 15 is 0 Å². The van der Waals surface area contributed by atoms with Gasteiger partial charge in [-0.2, -0.15) is 0 Å². The molecule has 0 heterocycles. The zero-order valence-electron chi connectivity index (χ0n) is 15.9. The SMILES string of the molecule is COc1cccc(OCCNC(=O)/C=C/c2ccc(C(C)(C)C)cc2)c1. The third-order valence-corrected chi connectivity index (χ3v) is 3.92. The van der Waals surface area contributed by atoms with Crippen LogP contribution in [0.2, 0.25) is 0 Å². The summed E-state index contributed by atoms with van der Waals surface area (Å²) >= 11 is 0. The van der Waals surface area contributed by atoms with E-state index in [1.165, 1.54) is 11.6 Å². The normalized spacial score (nSPS) is 11.4. The van der Waals surface area contributed by atoms with Crippen molar-refractivity contribution >= 4 is 12.0 Å². The molecule has 4 nitrogen and oxygen atoms in total. The van der Waals surface area contributed by atoms with Crippen molar-refractivity contribution in [3.63, 3.8) is 0 Å². The molecule has 0 atom stereocenters. The quantitative estimate of drug-likeness (QED) is 0.599. The van der Waals surface area contributed by atoms with Gasteiger partial charge in [-0.05, 0) is 34.8 Å². The van der Waals surface area contributed by atoms with E-state index in [-0.39, 0.29) is 11.3 Å². The predicted octanol–water partition coefficient (Wildman–Crippen LogP) is 4.20. The lowest BCUT2D eigenvalue weighted by Gasteiger charge is -2.18. The summed E-state index contributed by atoms with van der Waals surface area (Å²) in [7, 11) is 1.61. The summed E-state index contributed by atoms with van der Waals surface area (Å²) in [5, 5.41) is 2.81. The molecule has 0 aromatic heterocycles. The van der Waals surface area contributed by atoms with Crippen molar-refractivity contribution in [1.82, 2.24) is 5.32 Å². The average Bonchev–Trinajstić information content (AvgIpc) is 2.63. The topological polar surface area (TPSA) is 47.6 Å². The molecule has 0 unspecified atom stereocenters. The van der Waals surface area contributed by atoms with Crippen LogP contribution in [0.1, 0.15) is 31.9 Å². The van der Waals surface area contributed by atoms with Gasteiger partial charge in [0.15, 0.2) is 0 Å². The summed E-state index contributed by atoms with van der Waals surface area (Å²) < 4.78 is 10.7. The van der Waals surface area contributed by atoms with Crippen LogP contribution in [0.15, 0.2) is 54.6 Å². The first kappa shape index (κ1) is 19.6. The molecular weight excluding hydrogens is 326 g/mol. The number of methoxy groups -OCH3 is 1. The van der Waals surface area contributed by atoms with Crippen molar-refractivity contribution in [2.24, 2.45) is 0 Å². The van der Waals surface area contributed by atoms with Crippen LogP contribution >= 0.6 is 0 Å². The molecule has 2 rings (SSSR count). The van der Waals surface area contributed by atoms with Crippen molar-refractivity contribution in [2.75, 3.05) is 20.3 Å². The lowest BCUT2D eigenvalue weighted by molar-refractivity contribution is -0.116. The zero-order chi connectivity index (χ0) is 19.0. The van der Waals surface area contributed by atoms with Gasteiger partial charge in [0.1, 0.15) is 18.1 Å². The molecule has 0 radical (unpaired) electrons. The highest BCUT2D eigenvalue weighted by atomic mass is 16.5. The summed E-state index contributed by atoms with van der Waals surface area (Å²) in [5.74, 6) is 1.32. The molecule has 2 aromatic carbocycles. The highest BCUT2D eigenvalue weighted by molar-refractivity contribution is 5.91. The van der Waals surface area contributed by atoms with Gasteiger partial charge in [-0.1, -0.05) is 51.1 Å². The third-order valence-electron chi connectivity index (χ3n) is 3.92. The second-order valence-corrected chi connectivity index (χ2v) is 7.02. The molecule has 1 N–H and O–H groups in total. The Morgan fingerprint density at radius 2 is 1.77 bits per heavy atom. The standard InChI is InChI=1S/C22H27NO3/c1-22(2,3)18-11-8-17(9-12-18)10-13-21(24)23-14-15-26-20-7-5-6-19(16-20)25-4/h5-13,16H,14-15H2,1-4H3,(H,23,24)/b13-10+. The molecule has 2 aromatic rings. The van der Waals surface area contributed by atoms with Crippen molar-refractivity contribution in [3.8, 4) is 11.5 Å². The maximum atomic E-state index is 11.9. The average molecular weight is 353 g/mol. The second-order valence-electron chi connectivity index (χ2n) is 7.02. The van der Waals surface area contributed by atoms with E-state index in [0.717, 1.165) is 11.3 Å².